The summed E-state index contributed by atoms with van der Waals surface area (Å²) < 4.78 is 21.0. The van der Waals surface area contributed by atoms with E-state index in [1.807, 2.05) is 0 Å². The van der Waals surface area contributed by atoms with Crippen LogP contribution in [0.1, 0.15) is 102 Å². The molecule has 7 heteroatoms. The van der Waals surface area contributed by atoms with Gasteiger partial charge in [0.25, 0.3) is 0 Å². The van der Waals surface area contributed by atoms with Crippen molar-refractivity contribution in [3.05, 3.63) is 35.9 Å². The van der Waals surface area contributed by atoms with Gasteiger partial charge in [-0.2, -0.15) is 0 Å². The Balaban J connectivity index is 3.51. The van der Waals surface area contributed by atoms with E-state index in [0.717, 1.165) is 6.42 Å². The number of hydrogen-bond acceptors (Lipinski definition) is 4. The van der Waals surface area contributed by atoms with Gasteiger partial charge in [0.15, 0.2) is 25.0 Å². The third-order valence-electron chi connectivity index (χ3n) is 11.4. The van der Waals surface area contributed by atoms with Gasteiger partial charge in [-0.15, -0.1) is 0 Å². The third-order valence-corrected chi connectivity index (χ3v) is 24.9. The second-order valence-electron chi connectivity index (χ2n) is 18.6. The minimum Gasteiger partial charge on any atom is -0.417 e. The van der Waals surface area contributed by atoms with Crippen LogP contribution < -0.4 is 0 Å². The molecule has 0 bridgehead atoms. The molecule has 44 heavy (non-hydrogen) atoms. The molecule has 0 saturated carbocycles. The van der Waals surface area contributed by atoms with Gasteiger partial charge in [-0.3, -0.25) is 4.79 Å². The zero-order valence-electron chi connectivity index (χ0n) is 32.5. The summed E-state index contributed by atoms with van der Waals surface area (Å²) in [4.78, 5) is 14.8. The van der Waals surface area contributed by atoms with Crippen molar-refractivity contribution in [1.29, 1.82) is 0 Å². The molecule has 0 saturated heterocycles. The van der Waals surface area contributed by atoms with Crippen LogP contribution in [-0.4, -0.2) is 49.6 Å². The highest BCUT2D eigenvalue weighted by Crippen LogP contribution is 2.44. The number of carbonyl (C=O) groups excluding carboxylic acids is 1. The average molecular weight is 665 g/mol. The Morgan fingerprint density at radius 2 is 1.11 bits per heavy atom. The van der Waals surface area contributed by atoms with Crippen LogP contribution >= 0.6 is 0 Å². The molecule has 0 heterocycles. The van der Waals surface area contributed by atoms with Crippen molar-refractivity contribution >= 4 is 30.7 Å². The normalized spacial score (nSPS) is 17.2. The Labute approximate surface area is 277 Å². The van der Waals surface area contributed by atoms with Crippen LogP contribution in [0.25, 0.3) is 0 Å². The minimum atomic E-state index is -2.17. The quantitative estimate of drug-likeness (QED) is 0.175. The summed E-state index contributed by atoms with van der Waals surface area (Å²) in [6.45, 7) is 43.5. The maximum atomic E-state index is 14.8. The molecule has 0 aliphatic heterocycles. The summed E-state index contributed by atoms with van der Waals surface area (Å²) in [6, 6.07) is 10.6. The molecule has 4 nitrogen and oxygen atoms in total. The molecule has 0 unspecified atom stereocenters. The van der Waals surface area contributed by atoms with E-state index in [0.29, 0.717) is 13.0 Å². The number of benzene rings is 1. The molecule has 0 amide bonds. The lowest BCUT2D eigenvalue weighted by molar-refractivity contribution is -0.140. The van der Waals surface area contributed by atoms with E-state index in [4.69, 9.17) is 13.3 Å². The SMILES string of the molecule is C[C@@H](Cc1ccccc1)[C@H](O[Si](C)(C)C(C)(C)C)[C@@H](C)C(=O)C(C)(C)[C@H](CCO[Si](C)(C)C(C)(C)C)O[Si](C)(C)C(C)(C)C. The number of ketones is 1. The molecule has 0 fully saturated rings. The van der Waals surface area contributed by atoms with Gasteiger partial charge in [-0.05, 0) is 78.7 Å². The smallest absolute Gasteiger partial charge is 0.192 e. The van der Waals surface area contributed by atoms with E-state index < -0.39 is 30.4 Å². The van der Waals surface area contributed by atoms with Crippen LogP contribution in [-0.2, 0) is 24.5 Å². The van der Waals surface area contributed by atoms with E-state index in [9.17, 15) is 4.79 Å². The van der Waals surface area contributed by atoms with Crippen molar-refractivity contribution in [3.63, 3.8) is 0 Å². The fraction of sp³-hybridized carbons (Fsp3) is 0.811. The van der Waals surface area contributed by atoms with Crippen LogP contribution in [0, 0.1) is 17.3 Å². The summed E-state index contributed by atoms with van der Waals surface area (Å²) in [5.41, 5.74) is 0.581. The maximum absolute atomic E-state index is 14.8. The third kappa shape index (κ3) is 10.7. The first-order valence-electron chi connectivity index (χ1n) is 17.1. The van der Waals surface area contributed by atoms with Crippen molar-refractivity contribution in [1.82, 2.24) is 0 Å². The van der Waals surface area contributed by atoms with Gasteiger partial charge in [0.1, 0.15) is 5.78 Å². The Bertz CT molecular complexity index is 1040. The van der Waals surface area contributed by atoms with Crippen molar-refractivity contribution < 1.29 is 18.1 Å². The molecule has 4 atom stereocenters. The molecular formula is C37H72O4Si3. The van der Waals surface area contributed by atoms with Gasteiger partial charge in [-0.25, -0.2) is 0 Å². The van der Waals surface area contributed by atoms with Crippen molar-refractivity contribution in [3.8, 4) is 0 Å². The second-order valence-corrected chi connectivity index (χ2v) is 33.0. The fourth-order valence-electron chi connectivity index (χ4n) is 4.96. The Morgan fingerprint density at radius 3 is 1.55 bits per heavy atom. The highest BCUT2D eigenvalue weighted by molar-refractivity contribution is 6.75. The molecular weight excluding hydrogens is 593 g/mol. The fourth-order valence-corrected chi connectivity index (χ4v) is 8.97. The largest absolute Gasteiger partial charge is 0.417 e. The highest BCUT2D eigenvalue weighted by Gasteiger charge is 2.49. The molecule has 0 aromatic heterocycles. The molecule has 0 radical (unpaired) electrons. The Kier molecular flexibility index (Phi) is 13.8. The average Bonchev–Trinajstić information content (AvgIpc) is 2.84. The van der Waals surface area contributed by atoms with Crippen LogP contribution in [0.3, 0.4) is 0 Å². The zero-order valence-corrected chi connectivity index (χ0v) is 35.5. The van der Waals surface area contributed by atoms with E-state index in [2.05, 4.69) is 160 Å². The molecule has 1 aromatic carbocycles. The van der Waals surface area contributed by atoms with Gasteiger partial charge < -0.3 is 13.3 Å². The first-order valence-corrected chi connectivity index (χ1v) is 25.8. The molecule has 0 aliphatic carbocycles. The second kappa shape index (κ2) is 14.7. The summed E-state index contributed by atoms with van der Waals surface area (Å²) in [7, 11) is -6.27. The molecule has 0 aliphatic rings. The molecule has 256 valence electrons. The first-order chi connectivity index (χ1) is 19.5. The monoisotopic (exact) mass is 664 g/mol. The maximum Gasteiger partial charge on any atom is 0.192 e. The minimum absolute atomic E-state index is 0.0362. The standard InChI is InChI=1S/C37H72O4Si3/c1-28(27-30-23-21-20-22-24-30)32(41-44(18,19)36(9,10)11)29(2)33(38)37(12,13)31(40-43(16,17)35(6,7)8)25-26-39-42(14,15)34(3,4)5/h20-24,28-29,31-32H,25-27H2,1-19H3/t28-,29+,31-,32-/m0/s1. The molecule has 1 rings (SSSR count). The number of carbonyl (C=O) groups is 1. The Hall–Kier alpha value is -0.579. The van der Waals surface area contributed by atoms with Crippen LogP contribution in [0.4, 0.5) is 0 Å². The van der Waals surface area contributed by atoms with E-state index in [1.165, 1.54) is 5.56 Å². The van der Waals surface area contributed by atoms with Crippen LogP contribution in [0.2, 0.25) is 54.4 Å². The van der Waals surface area contributed by atoms with Crippen molar-refractivity contribution in [2.75, 3.05) is 6.61 Å². The summed E-state index contributed by atoms with van der Waals surface area (Å²) in [6.07, 6.45) is 1.17. The summed E-state index contributed by atoms with van der Waals surface area (Å²) in [5.74, 6) is 0.143. The van der Waals surface area contributed by atoms with Crippen LogP contribution in [0.5, 0.6) is 0 Å². The highest BCUT2D eigenvalue weighted by atomic mass is 28.4. The van der Waals surface area contributed by atoms with Crippen molar-refractivity contribution in [2.24, 2.45) is 17.3 Å². The summed E-state index contributed by atoms with van der Waals surface area (Å²) in [5, 5.41) is 0.214. The number of Topliss-reactive ketones (excluding diaryl/α,β-unsaturated/α-hetero) is 1. The lowest BCUT2D eigenvalue weighted by Gasteiger charge is -2.47. The zero-order chi connectivity index (χ0) is 34.7. The predicted molar refractivity (Wildman–Crippen MR) is 199 cm³/mol. The number of rotatable bonds is 15. The molecule has 1 aromatic rings. The van der Waals surface area contributed by atoms with Gasteiger partial charge >= 0.3 is 0 Å². The van der Waals surface area contributed by atoms with Gasteiger partial charge in [0, 0.05) is 17.9 Å². The molecule has 0 spiro atoms. The van der Waals surface area contributed by atoms with E-state index >= 15 is 0 Å². The summed E-state index contributed by atoms with van der Waals surface area (Å²) >= 11 is 0. The predicted octanol–water partition coefficient (Wildman–Crippen LogP) is 11.3. The van der Waals surface area contributed by atoms with Gasteiger partial charge in [0.05, 0.1) is 12.2 Å². The lowest BCUT2D eigenvalue weighted by Crippen LogP contribution is -2.54. The Morgan fingerprint density at radius 1 is 0.682 bits per heavy atom. The van der Waals surface area contributed by atoms with E-state index in [-0.39, 0.29) is 44.9 Å². The van der Waals surface area contributed by atoms with Gasteiger partial charge in [-0.1, -0.05) is 120 Å². The van der Waals surface area contributed by atoms with Crippen molar-refractivity contribution in [2.45, 2.75) is 169 Å². The molecule has 0 N–H and O–H groups in total. The van der Waals surface area contributed by atoms with Gasteiger partial charge in [0.2, 0.25) is 0 Å². The van der Waals surface area contributed by atoms with Crippen LogP contribution in [0.15, 0.2) is 30.3 Å². The first kappa shape index (κ1) is 41.4. The number of hydrogen-bond donors (Lipinski definition) is 0. The van der Waals surface area contributed by atoms with E-state index in [1.54, 1.807) is 0 Å². The lowest BCUT2D eigenvalue weighted by atomic mass is 9.73. The topological polar surface area (TPSA) is 44.8 Å².